The van der Waals surface area contributed by atoms with Crippen molar-refractivity contribution in [3.8, 4) is 0 Å². The van der Waals surface area contributed by atoms with Crippen molar-refractivity contribution in [1.82, 2.24) is 20.0 Å². The van der Waals surface area contributed by atoms with E-state index in [4.69, 9.17) is 0 Å². The van der Waals surface area contributed by atoms with Crippen LogP contribution in [-0.4, -0.2) is 40.2 Å². The number of rotatable bonds is 9. The summed E-state index contributed by atoms with van der Waals surface area (Å²) in [6.07, 6.45) is 0. The molecule has 1 aromatic heterocycles. The van der Waals surface area contributed by atoms with Crippen LogP contribution < -0.4 is 10.9 Å². The monoisotopic (exact) mass is 454 g/mol. The molecule has 1 heterocycles. The number of aromatic nitrogens is 2. The van der Waals surface area contributed by atoms with Gasteiger partial charge in [0.2, 0.25) is 0 Å². The number of likely N-dealkylation sites (N-methyl/N-ethyl adjacent to an activating group) is 1. The summed E-state index contributed by atoms with van der Waals surface area (Å²) < 4.78 is 1.38. The fraction of sp³-hybridized carbons (Fsp3) is 0.250. The van der Waals surface area contributed by atoms with Crippen molar-refractivity contribution in [1.29, 1.82) is 0 Å². The van der Waals surface area contributed by atoms with Crippen LogP contribution in [0.5, 0.6) is 0 Å². The van der Waals surface area contributed by atoms with Crippen molar-refractivity contribution >= 4 is 16.7 Å². The molecule has 4 rings (SSSR count). The second-order valence-corrected chi connectivity index (χ2v) is 8.20. The Bertz CT molecular complexity index is 1300. The summed E-state index contributed by atoms with van der Waals surface area (Å²) in [5, 5.41) is 8.65. The van der Waals surface area contributed by atoms with Crippen LogP contribution in [0, 0.1) is 0 Å². The molecule has 0 radical (unpaired) electrons. The van der Waals surface area contributed by atoms with E-state index in [9.17, 15) is 9.59 Å². The minimum absolute atomic E-state index is 0.0432. The second-order valence-electron chi connectivity index (χ2n) is 8.20. The van der Waals surface area contributed by atoms with Crippen LogP contribution in [0.3, 0.4) is 0 Å². The molecule has 0 aliphatic carbocycles. The van der Waals surface area contributed by atoms with Crippen LogP contribution in [0.15, 0.2) is 89.7 Å². The van der Waals surface area contributed by atoms with Gasteiger partial charge in [-0.25, -0.2) is 4.68 Å². The molecule has 0 aliphatic rings. The molecule has 1 amide bonds. The highest BCUT2D eigenvalue weighted by Crippen LogP contribution is 2.20. The largest absolute Gasteiger partial charge is 0.349 e. The Kier molecular flexibility index (Phi) is 7.50. The molecular weight excluding hydrogens is 424 g/mol. The lowest BCUT2D eigenvalue weighted by atomic mass is 10.0. The molecule has 0 bridgehead atoms. The molecule has 0 saturated heterocycles. The van der Waals surface area contributed by atoms with Gasteiger partial charge in [-0.05, 0) is 30.3 Å². The van der Waals surface area contributed by atoms with Gasteiger partial charge >= 0.3 is 0 Å². The average Bonchev–Trinajstić information content (AvgIpc) is 2.89. The third-order valence-electron chi connectivity index (χ3n) is 6.15. The van der Waals surface area contributed by atoms with Gasteiger partial charge in [0.15, 0.2) is 5.69 Å². The van der Waals surface area contributed by atoms with Crippen LogP contribution in [-0.2, 0) is 6.54 Å². The maximum Gasteiger partial charge on any atom is 0.274 e. The van der Waals surface area contributed by atoms with Crippen LogP contribution in [0.2, 0.25) is 0 Å². The first kappa shape index (κ1) is 23.4. The Morgan fingerprint density at radius 2 is 1.47 bits per heavy atom. The normalized spacial score (nSPS) is 12.1. The van der Waals surface area contributed by atoms with Gasteiger partial charge in [-0.2, -0.15) is 5.10 Å². The molecule has 174 valence electrons. The van der Waals surface area contributed by atoms with Crippen molar-refractivity contribution in [2.45, 2.75) is 26.4 Å². The van der Waals surface area contributed by atoms with Crippen LogP contribution in [0.4, 0.5) is 0 Å². The number of nitrogens with one attached hydrogen (secondary N) is 1. The maximum atomic E-state index is 13.4. The summed E-state index contributed by atoms with van der Waals surface area (Å²) in [6.45, 7) is 6.73. The number of carbonyl (C=O) groups is 1. The fourth-order valence-electron chi connectivity index (χ4n) is 4.34. The standard InChI is InChI=1S/C28H30N4O2/c1-3-31(4-2)25(22-15-9-6-10-16-22)19-29-27(33)26-23-17-11-12-18-24(23)28(34)32(30-26)20-21-13-7-5-8-14-21/h5-18,25H,3-4,19-20H2,1-2H3,(H,29,33). The van der Waals surface area contributed by atoms with Crippen molar-refractivity contribution in [3.63, 3.8) is 0 Å². The Labute approximate surface area is 199 Å². The van der Waals surface area contributed by atoms with E-state index in [0.29, 0.717) is 23.9 Å². The Morgan fingerprint density at radius 1 is 0.882 bits per heavy atom. The first-order chi connectivity index (χ1) is 16.6. The van der Waals surface area contributed by atoms with Crippen LogP contribution >= 0.6 is 0 Å². The second kappa shape index (κ2) is 10.9. The van der Waals surface area contributed by atoms with E-state index in [0.717, 1.165) is 24.2 Å². The van der Waals surface area contributed by atoms with E-state index in [1.807, 2.05) is 60.7 Å². The van der Waals surface area contributed by atoms with Gasteiger partial charge < -0.3 is 5.32 Å². The molecule has 34 heavy (non-hydrogen) atoms. The molecule has 6 nitrogen and oxygen atoms in total. The zero-order valence-electron chi connectivity index (χ0n) is 19.6. The first-order valence-corrected chi connectivity index (χ1v) is 11.7. The van der Waals surface area contributed by atoms with E-state index in [1.54, 1.807) is 12.1 Å². The van der Waals surface area contributed by atoms with Crippen molar-refractivity contribution in [2.24, 2.45) is 0 Å². The third-order valence-corrected chi connectivity index (χ3v) is 6.15. The van der Waals surface area contributed by atoms with E-state index in [2.05, 4.69) is 41.3 Å². The average molecular weight is 455 g/mol. The molecule has 4 aromatic rings. The van der Waals surface area contributed by atoms with Crippen molar-refractivity contribution in [2.75, 3.05) is 19.6 Å². The number of hydrogen-bond acceptors (Lipinski definition) is 4. The van der Waals surface area contributed by atoms with Gasteiger partial charge in [0.1, 0.15) is 0 Å². The lowest BCUT2D eigenvalue weighted by Crippen LogP contribution is -2.39. The highest BCUT2D eigenvalue weighted by atomic mass is 16.2. The number of nitrogens with zero attached hydrogens (tertiary/aromatic N) is 3. The molecule has 0 spiro atoms. The van der Waals surface area contributed by atoms with Gasteiger partial charge in [0.25, 0.3) is 11.5 Å². The van der Waals surface area contributed by atoms with Crippen molar-refractivity contribution < 1.29 is 4.79 Å². The molecule has 6 heteroatoms. The summed E-state index contributed by atoms with van der Waals surface area (Å²) in [5.41, 5.74) is 2.15. The number of carbonyl (C=O) groups excluding carboxylic acids is 1. The molecule has 3 aromatic carbocycles. The third kappa shape index (κ3) is 5.07. The Balaban J connectivity index is 1.66. The first-order valence-electron chi connectivity index (χ1n) is 11.7. The summed E-state index contributed by atoms with van der Waals surface area (Å²) >= 11 is 0. The van der Waals surface area contributed by atoms with Gasteiger partial charge in [-0.3, -0.25) is 14.5 Å². The van der Waals surface area contributed by atoms with Gasteiger partial charge in [-0.1, -0.05) is 92.7 Å². The van der Waals surface area contributed by atoms with Crippen molar-refractivity contribution in [3.05, 3.63) is 112 Å². The topological polar surface area (TPSA) is 67.2 Å². The Morgan fingerprint density at radius 3 is 2.12 bits per heavy atom. The van der Waals surface area contributed by atoms with E-state index >= 15 is 0 Å². The fourth-order valence-corrected chi connectivity index (χ4v) is 4.34. The molecular formula is C28H30N4O2. The SMILES string of the molecule is CCN(CC)C(CNC(=O)c1nn(Cc2ccccc2)c(=O)c2ccccc12)c1ccccc1. The van der Waals surface area contributed by atoms with Gasteiger partial charge in [0.05, 0.1) is 18.0 Å². The molecule has 0 fully saturated rings. The number of benzene rings is 3. The maximum absolute atomic E-state index is 13.4. The minimum Gasteiger partial charge on any atom is -0.349 e. The van der Waals surface area contributed by atoms with Crippen LogP contribution in [0.25, 0.3) is 10.8 Å². The van der Waals surface area contributed by atoms with E-state index in [-0.39, 0.29) is 23.2 Å². The molecule has 0 saturated carbocycles. The summed E-state index contributed by atoms with van der Waals surface area (Å²) in [5.74, 6) is -0.286. The predicted octanol–water partition coefficient (Wildman–Crippen LogP) is 4.26. The lowest BCUT2D eigenvalue weighted by molar-refractivity contribution is 0.0929. The highest BCUT2D eigenvalue weighted by Gasteiger charge is 2.21. The highest BCUT2D eigenvalue weighted by molar-refractivity contribution is 6.04. The smallest absolute Gasteiger partial charge is 0.274 e. The summed E-state index contributed by atoms with van der Waals surface area (Å²) in [6, 6.07) is 27.1. The van der Waals surface area contributed by atoms with Gasteiger partial charge in [0, 0.05) is 11.9 Å². The van der Waals surface area contributed by atoms with E-state index < -0.39 is 0 Å². The van der Waals surface area contributed by atoms with Gasteiger partial charge in [-0.15, -0.1) is 0 Å². The van der Waals surface area contributed by atoms with Crippen LogP contribution in [0.1, 0.15) is 41.5 Å². The number of fused-ring (bicyclic) bond motifs is 1. The predicted molar refractivity (Wildman–Crippen MR) is 136 cm³/mol. The molecule has 1 unspecified atom stereocenters. The summed E-state index contributed by atoms with van der Waals surface area (Å²) in [4.78, 5) is 28.8. The summed E-state index contributed by atoms with van der Waals surface area (Å²) in [7, 11) is 0. The molecule has 1 atom stereocenters. The Hall–Kier alpha value is -3.77. The zero-order valence-corrected chi connectivity index (χ0v) is 19.6. The molecule has 0 aliphatic heterocycles. The minimum atomic E-state index is -0.286. The number of hydrogen-bond donors (Lipinski definition) is 1. The number of amides is 1. The zero-order chi connectivity index (χ0) is 23.9. The lowest BCUT2D eigenvalue weighted by Gasteiger charge is -2.30. The molecule has 1 N–H and O–H groups in total. The quantitative estimate of drug-likeness (QED) is 0.410. The van der Waals surface area contributed by atoms with E-state index in [1.165, 1.54) is 4.68 Å².